The van der Waals surface area contributed by atoms with Gasteiger partial charge in [-0.05, 0) is 76.7 Å². The average molecular weight is 427 g/mol. The van der Waals surface area contributed by atoms with E-state index in [1.54, 1.807) is 0 Å². The van der Waals surface area contributed by atoms with Crippen molar-refractivity contribution in [1.29, 1.82) is 0 Å². The first-order valence-electron chi connectivity index (χ1n) is 11.3. The smallest absolute Gasteiger partial charge is 0.223 e. The van der Waals surface area contributed by atoms with E-state index in [4.69, 9.17) is 0 Å². The van der Waals surface area contributed by atoms with Gasteiger partial charge in [-0.1, -0.05) is 12.8 Å². The second kappa shape index (κ2) is 11.1. The van der Waals surface area contributed by atoms with Gasteiger partial charge in [-0.2, -0.15) is 23.5 Å². The summed E-state index contributed by atoms with van der Waals surface area (Å²) >= 11 is 3.87. The van der Waals surface area contributed by atoms with Gasteiger partial charge in [-0.15, -0.1) is 0 Å². The molecule has 2 unspecified atom stereocenters. The molecular weight excluding hydrogens is 388 g/mol. The number of nitrogens with one attached hydrogen (secondary N) is 2. The van der Waals surface area contributed by atoms with E-state index in [1.165, 1.54) is 0 Å². The van der Waals surface area contributed by atoms with Crippen molar-refractivity contribution in [1.82, 2.24) is 10.6 Å². The molecule has 6 heteroatoms. The zero-order valence-corrected chi connectivity index (χ0v) is 19.2. The van der Waals surface area contributed by atoms with Crippen molar-refractivity contribution in [2.75, 3.05) is 12.5 Å². The lowest BCUT2D eigenvalue weighted by atomic mass is 9.85. The van der Waals surface area contributed by atoms with Crippen LogP contribution in [-0.2, 0) is 9.59 Å². The van der Waals surface area contributed by atoms with Crippen molar-refractivity contribution in [2.24, 2.45) is 11.8 Å². The lowest BCUT2D eigenvalue weighted by Crippen LogP contribution is -2.55. The zero-order chi connectivity index (χ0) is 19.9. The maximum Gasteiger partial charge on any atom is 0.223 e. The number of thioether (sulfide) groups is 2. The SMILES string of the molecule is CSC1CCC(C(=O)NC2CCCCC2NC(=O)C2CCC(SC)CC2)CC1. The molecule has 0 aromatic carbocycles. The predicted molar refractivity (Wildman–Crippen MR) is 121 cm³/mol. The first-order chi connectivity index (χ1) is 13.6. The summed E-state index contributed by atoms with van der Waals surface area (Å²) in [6.45, 7) is 0. The Morgan fingerprint density at radius 1 is 0.607 bits per heavy atom. The van der Waals surface area contributed by atoms with E-state index in [1.807, 2.05) is 23.5 Å². The van der Waals surface area contributed by atoms with Gasteiger partial charge in [0.05, 0.1) is 0 Å². The Labute approximate surface area is 179 Å². The quantitative estimate of drug-likeness (QED) is 0.662. The van der Waals surface area contributed by atoms with Crippen LogP contribution in [0.4, 0.5) is 0 Å². The summed E-state index contributed by atoms with van der Waals surface area (Å²) < 4.78 is 0. The molecule has 0 aromatic rings. The monoisotopic (exact) mass is 426 g/mol. The molecule has 2 amide bonds. The van der Waals surface area contributed by atoms with Crippen LogP contribution in [0, 0.1) is 11.8 Å². The summed E-state index contributed by atoms with van der Waals surface area (Å²) in [5.41, 5.74) is 0. The lowest BCUT2D eigenvalue weighted by Gasteiger charge is -2.36. The normalized spacial score (nSPS) is 36.5. The van der Waals surface area contributed by atoms with E-state index in [2.05, 4.69) is 23.1 Å². The molecule has 3 saturated carbocycles. The van der Waals surface area contributed by atoms with Crippen LogP contribution in [-0.4, -0.2) is 46.9 Å². The highest BCUT2D eigenvalue weighted by Gasteiger charge is 2.33. The number of carbonyl (C=O) groups excluding carboxylic acids is 2. The van der Waals surface area contributed by atoms with Gasteiger partial charge in [0, 0.05) is 34.4 Å². The Balaban J connectivity index is 1.48. The molecule has 3 aliphatic carbocycles. The van der Waals surface area contributed by atoms with Crippen LogP contribution in [0.25, 0.3) is 0 Å². The largest absolute Gasteiger partial charge is 0.351 e. The molecule has 0 aromatic heterocycles. The molecule has 3 aliphatic rings. The Kier molecular flexibility index (Phi) is 8.89. The van der Waals surface area contributed by atoms with E-state index in [9.17, 15) is 9.59 Å². The van der Waals surface area contributed by atoms with E-state index < -0.39 is 0 Å². The summed E-state index contributed by atoms with van der Waals surface area (Å²) in [5.74, 6) is 0.796. The van der Waals surface area contributed by atoms with E-state index >= 15 is 0 Å². The summed E-state index contributed by atoms with van der Waals surface area (Å²) in [6, 6.07) is 0.233. The number of rotatable bonds is 6. The number of hydrogen-bond donors (Lipinski definition) is 2. The number of amides is 2. The second-order valence-corrected chi connectivity index (χ2v) is 11.2. The molecule has 4 nitrogen and oxygen atoms in total. The third kappa shape index (κ3) is 6.07. The fourth-order valence-electron chi connectivity index (χ4n) is 5.20. The van der Waals surface area contributed by atoms with Crippen molar-refractivity contribution in [3.05, 3.63) is 0 Å². The molecule has 160 valence electrons. The zero-order valence-electron chi connectivity index (χ0n) is 17.6. The highest BCUT2D eigenvalue weighted by atomic mass is 32.2. The Morgan fingerprint density at radius 3 is 1.29 bits per heavy atom. The maximum absolute atomic E-state index is 12.8. The van der Waals surface area contributed by atoms with Crippen LogP contribution in [0.5, 0.6) is 0 Å². The Morgan fingerprint density at radius 2 is 0.964 bits per heavy atom. The van der Waals surface area contributed by atoms with Gasteiger partial charge in [-0.3, -0.25) is 9.59 Å². The van der Waals surface area contributed by atoms with Crippen molar-refractivity contribution in [3.8, 4) is 0 Å². The van der Waals surface area contributed by atoms with Gasteiger partial charge in [0.25, 0.3) is 0 Å². The summed E-state index contributed by atoms with van der Waals surface area (Å²) in [5, 5.41) is 8.12. The van der Waals surface area contributed by atoms with Crippen molar-refractivity contribution in [2.45, 2.75) is 99.6 Å². The van der Waals surface area contributed by atoms with E-state index in [0.717, 1.165) is 87.5 Å². The molecular formula is C22H38N2O2S2. The van der Waals surface area contributed by atoms with Crippen LogP contribution >= 0.6 is 23.5 Å². The van der Waals surface area contributed by atoms with Crippen molar-refractivity contribution < 1.29 is 9.59 Å². The van der Waals surface area contributed by atoms with Gasteiger partial charge in [0.15, 0.2) is 0 Å². The Bertz CT molecular complexity index is 469. The second-order valence-electron chi connectivity index (χ2n) is 8.93. The van der Waals surface area contributed by atoms with E-state index in [-0.39, 0.29) is 35.7 Å². The molecule has 0 radical (unpaired) electrons. The first-order valence-corrected chi connectivity index (χ1v) is 13.8. The molecule has 0 heterocycles. The number of carbonyl (C=O) groups is 2. The number of hydrogen-bond acceptors (Lipinski definition) is 4. The fraction of sp³-hybridized carbons (Fsp3) is 0.909. The maximum atomic E-state index is 12.8. The summed E-state index contributed by atoms with van der Waals surface area (Å²) in [4.78, 5) is 25.7. The third-order valence-corrected chi connectivity index (χ3v) is 9.45. The molecule has 2 atom stereocenters. The topological polar surface area (TPSA) is 58.2 Å². The van der Waals surface area contributed by atoms with Crippen LogP contribution in [0.3, 0.4) is 0 Å². The molecule has 2 N–H and O–H groups in total. The minimum absolute atomic E-state index is 0.117. The standard InChI is InChI=1S/C22H38N2O2S2/c1-27-17-11-7-15(8-12-17)21(25)23-19-5-3-4-6-20(19)24-22(26)16-9-13-18(28-2)14-10-16/h15-20H,3-14H2,1-2H3,(H,23,25)(H,24,26). The fourth-order valence-corrected chi connectivity index (χ4v) is 6.69. The molecule has 0 saturated heterocycles. The molecule has 0 spiro atoms. The first kappa shape index (κ1) is 22.3. The molecule has 28 heavy (non-hydrogen) atoms. The van der Waals surface area contributed by atoms with E-state index in [0.29, 0.717) is 0 Å². The van der Waals surface area contributed by atoms with Crippen LogP contribution in [0.2, 0.25) is 0 Å². The Hall–Kier alpha value is -0.360. The average Bonchev–Trinajstić information content (AvgIpc) is 2.75. The minimum Gasteiger partial charge on any atom is -0.351 e. The lowest BCUT2D eigenvalue weighted by molar-refractivity contribution is -0.129. The minimum atomic E-state index is 0.117. The highest BCUT2D eigenvalue weighted by Crippen LogP contribution is 2.32. The van der Waals surface area contributed by atoms with Crippen molar-refractivity contribution in [3.63, 3.8) is 0 Å². The van der Waals surface area contributed by atoms with Gasteiger partial charge in [0.1, 0.15) is 0 Å². The summed E-state index contributed by atoms with van der Waals surface area (Å²) in [6.07, 6.45) is 17.3. The van der Waals surface area contributed by atoms with Gasteiger partial charge < -0.3 is 10.6 Å². The van der Waals surface area contributed by atoms with Crippen LogP contribution in [0.15, 0.2) is 0 Å². The molecule has 0 aliphatic heterocycles. The van der Waals surface area contributed by atoms with Gasteiger partial charge in [0.2, 0.25) is 11.8 Å². The van der Waals surface area contributed by atoms with Gasteiger partial charge in [-0.25, -0.2) is 0 Å². The van der Waals surface area contributed by atoms with Crippen molar-refractivity contribution >= 4 is 35.3 Å². The molecule has 0 bridgehead atoms. The summed E-state index contributed by atoms with van der Waals surface area (Å²) in [7, 11) is 0. The third-order valence-electron chi connectivity index (χ3n) is 7.18. The highest BCUT2D eigenvalue weighted by molar-refractivity contribution is 7.99. The van der Waals surface area contributed by atoms with Crippen LogP contribution < -0.4 is 10.6 Å². The predicted octanol–water partition coefficient (Wildman–Crippen LogP) is 4.37. The van der Waals surface area contributed by atoms with Crippen LogP contribution in [0.1, 0.15) is 77.0 Å². The molecule has 3 fully saturated rings. The van der Waals surface area contributed by atoms with Gasteiger partial charge >= 0.3 is 0 Å². The molecule has 3 rings (SSSR count).